The predicted octanol–water partition coefficient (Wildman–Crippen LogP) is 5.30. The van der Waals surface area contributed by atoms with Crippen molar-refractivity contribution < 1.29 is 17.9 Å². The minimum absolute atomic E-state index is 0.0589. The van der Waals surface area contributed by atoms with Gasteiger partial charge in [0.2, 0.25) is 10.0 Å². The third-order valence-electron chi connectivity index (χ3n) is 5.77. The average Bonchev–Trinajstić information content (AvgIpc) is 2.95. The molecular formula is C30H28ClN3O4S. The number of amides is 1. The van der Waals surface area contributed by atoms with Crippen LogP contribution in [0.5, 0.6) is 5.75 Å². The molecule has 0 bridgehead atoms. The summed E-state index contributed by atoms with van der Waals surface area (Å²) in [5.41, 5.74) is 5.16. The largest absolute Gasteiger partial charge is 0.489 e. The van der Waals surface area contributed by atoms with Crippen molar-refractivity contribution in [2.75, 3.05) is 13.1 Å². The second-order valence-corrected chi connectivity index (χ2v) is 11.0. The number of hydrogen-bond acceptors (Lipinski definition) is 5. The molecule has 200 valence electrons. The van der Waals surface area contributed by atoms with Crippen LogP contribution in [0.2, 0.25) is 5.02 Å². The van der Waals surface area contributed by atoms with E-state index < -0.39 is 22.5 Å². The van der Waals surface area contributed by atoms with Crippen molar-refractivity contribution in [2.45, 2.75) is 17.9 Å². The van der Waals surface area contributed by atoms with Crippen LogP contribution in [0.3, 0.4) is 0 Å². The Morgan fingerprint density at radius 1 is 0.872 bits per heavy atom. The molecule has 0 spiro atoms. The fraction of sp³-hybridized carbons (Fsp3) is 0.133. The van der Waals surface area contributed by atoms with Crippen molar-refractivity contribution in [2.24, 2.45) is 5.10 Å². The lowest BCUT2D eigenvalue weighted by Crippen LogP contribution is -2.40. The first-order valence-electron chi connectivity index (χ1n) is 12.3. The molecule has 0 saturated carbocycles. The number of nitrogens with zero attached hydrogens (tertiary/aromatic N) is 2. The van der Waals surface area contributed by atoms with Crippen LogP contribution >= 0.6 is 11.6 Å². The standard InChI is InChI=1S/C30H28ClN3O4S/c31-27-14-16-29(17-15-27)39(36,37)34(19-18-24-8-3-1-4-9-24)22-30(35)33-32-21-26-12-7-13-28(20-26)38-23-25-10-5-2-6-11-25/h1-17,20-21H,18-19,22-23H2,(H,33,35)/b32-21-. The van der Waals surface area contributed by atoms with Gasteiger partial charge in [0.1, 0.15) is 12.4 Å². The molecule has 0 aliphatic carbocycles. The third kappa shape index (κ3) is 8.51. The molecule has 0 radical (unpaired) electrons. The summed E-state index contributed by atoms with van der Waals surface area (Å²) in [5.74, 6) is 0.101. The van der Waals surface area contributed by atoms with Gasteiger partial charge in [0, 0.05) is 11.6 Å². The van der Waals surface area contributed by atoms with E-state index in [1.807, 2.05) is 78.9 Å². The minimum atomic E-state index is -3.95. The molecule has 0 aliphatic rings. The van der Waals surface area contributed by atoms with Crippen LogP contribution in [-0.4, -0.2) is 37.9 Å². The number of hydrogen-bond donors (Lipinski definition) is 1. The SMILES string of the molecule is O=C(CN(CCc1ccccc1)S(=O)(=O)c1ccc(Cl)cc1)N/N=C\c1cccc(OCc2ccccc2)c1. The molecule has 0 unspecified atom stereocenters. The molecule has 7 nitrogen and oxygen atoms in total. The van der Waals surface area contributed by atoms with Gasteiger partial charge in [-0.25, -0.2) is 13.8 Å². The number of ether oxygens (including phenoxy) is 1. The molecule has 0 aliphatic heterocycles. The van der Waals surface area contributed by atoms with Gasteiger partial charge in [-0.15, -0.1) is 0 Å². The third-order valence-corrected chi connectivity index (χ3v) is 7.88. The summed E-state index contributed by atoms with van der Waals surface area (Å²) in [6, 6.07) is 32.5. The summed E-state index contributed by atoms with van der Waals surface area (Å²) >= 11 is 5.93. The van der Waals surface area contributed by atoms with E-state index in [1.165, 1.54) is 30.5 Å². The van der Waals surface area contributed by atoms with Gasteiger partial charge in [-0.1, -0.05) is 84.4 Å². The molecule has 0 saturated heterocycles. The quantitative estimate of drug-likeness (QED) is 0.188. The van der Waals surface area contributed by atoms with Crippen LogP contribution < -0.4 is 10.2 Å². The van der Waals surface area contributed by atoms with Gasteiger partial charge in [-0.05, 0) is 59.5 Å². The van der Waals surface area contributed by atoms with Crippen LogP contribution in [0.15, 0.2) is 119 Å². The van der Waals surface area contributed by atoms with E-state index in [9.17, 15) is 13.2 Å². The highest BCUT2D eigenvalue weighted by Gasteiger charge is 2.26. The Kier molecular flexibility index (Phi) is 9.85. The van der Waals surface area contributed by atoms with E-state index in [0.717, 1.165) is 21.0 Å². The minimum Gasteiger partial charge on any atom is -0.489 e. The van der Waals surface area contributed by atoms with Gasteiger partial charge in [0.25, 0.3) is 5.91 Å². The highest BCUT2D eigenvalue weighted by Crippen LogP contribution is 2.19. The fourth-order valence-electron chi connectivity index (χ4n) is 3.74. The Balaban J connectivity index is 1.39. The van der Waals surface area contributed by atoms with Crippen LogP contribution in [0.1, 0.15) is 16.7 Å². The number of benzene rings is 4. The molecule has 4 aromatic rings. The normalized spacial score (nSPS) is 11.5. The zero-order valence-electron chi connectivity index (χ0n) is 21.1. The number of nitrogens with one attached hydrogen (secondary N) is 1. The molecule has 9 heteroatoms. The fourth-order valence-corrected chi connectivity index (χ4v) is 5.26. The Morgan fingerprint density at radius 2 is 1.54 bits per heavy atom. The van der Waals surface area contributed by atoms with Crippen molar-refractivity contribution in [3.63, 3.8) is 0 Å². The Morgan fingerprint density at radius 3 is 2.23 bits per heavy atom. The lowest BCUT2D eigenvalue weighted by Gasteiger charge is -2.21. The van der Waals surface area contributed by atoms with E-state index in [1.54, 1.807) is 6.07 Å². The number of sulfonamides is 1. The van der Waals surface area contributed by atoms with Gasteiger partial charge >= 0.3 is 0 Å². The highest BCUT2D eigenvalue weighted by molar-refractivity contribution is 7.89. The van der Waals surface area contributed by atoms with Gasteiger partial charge in [0.15, 0.2) is 0 Å². The number of hydrazone groups is 1. The summed E-state index contributed by atoms with van der Waals surface area (Å²) in [4.78, 5) is 12.8. The van der Waals surface area contributed by atoms with E-state index in [4.69, 9.17) is 16.3 Å². The lowest BCUT2D eigenvalue weighted by atomic mass is 10.1. The Labute approximate surface area is 233 Å². The number of halogens is 1. The molecule has 1 amide bonds. The maximum absolute atomic E-state index is 13.3. The van der Waals surface area contributed by atoms with Crippen LogP contribution in [0, 0.1) is 0 Å². The Bertz CT molecular complexity index is 1500. The molecular weight excluding hydrogens is 534 g/mol. The summed E-state index contributed by atoms with van der Waals surface area (Å²) in [5, 5.41) is 4.44. The summed E-state index contributed by atoms with van der Waals surface area (Å²) in [6.07, 6.45) is 1.93. The maximum Gasteiger partial charge on any atom is 0.255 e. The first-order valence-corrected chi connectivity index (χ1v) is 14.1. The van der Waals surface area contributed by atoms with Crippen molar-refractivity contribution in [1.82, 2.24) is 9.73 Å². The van der Waals surface area contributed by atoms with Gasteiger partial charge in [-0.2, -0.15) is 9.41 Å². The van der Waals surface area contributed by atoms with Crippen LogP contribution in [-0.2, 0) is 27.8 Å². The summed E-state index contributed by atoms with van der Waals surface area (Å²) in [6.45, 7) is 0.154. The van der Waals surface area contributed by atoms with E-state index >= 15 is 0 Å². The van der Waals surface area contributed by atoms with Crippen molar-refractivity contribution in [1.29, 1.82) is 0 Å². The predicted molar refractivity (Wildman–Crippen MR) is 153 cm³/mol. The molecule has 0 heterocycles. The van der Waals surface area contributed by atoms with Crippen LogP contribution in [0.25, 0.3) is 0 Å². The smallest absolute Gasteiger partial charge is 0.255 e. The molecule has 1 N–H and O–H groups in total. The van der Waals surface area contributed by atoms with E-state index in [0.29, 0.717) is 23.8 Å². The Hall–Kier alpha value is -3.98. The first-order chi connectivity index (χ1) is 18.9. The molecule has 4 aromatic carbocycles. The monoisotopic (exact) mass is 561 g/mol. The summed E-state index contributed by atoms with van der Waals surface area (Å²) < 4.78 is 33.7. The lowest BCUT2D eigenvalue weighted by molar-refractivity contribution is -0.121. The van der Waals surface area contributed by atoms with Crippen molar-refractivity contribution in [3.05, 3.63) is 131 Å². The summed E-state index contributed by atoms with van der Waals surface area (Å²) in [7, 11) is -3.95. The number of carbonyl (C=O) groups is 1. The van der Waals surface area contributed by atoms with Crippen molar-refractivity contribution in [3.8, 4) is 5.75 Å². The number of rotatable bonds is 12. The van der Waals surface area contributed by atoms with Crippen LogP contribution in [0.4, 0.5) is 0 Å². The molecule has 39 heavy (non-hydrogen) atoms. The second kappa shape index (κ2) is 13.7. The zero-order valence-corrected chi connectivity index (χ0v) is 22.7. The highest BCUT2D eigenvalue weighted by atomic mass is 35.5. The van der Waals surface area contributed by atoms with E-state index in [2.05, 4.69) is 10.5 Å². The van der Waals surface area contributed by atoms with Crippen molar-refractivity contribution >= 4 is 33.7 Å². The zero-order chi connectivity index (χ0) is 27.5. The molecule has 0 fully saturated rings. The van der Waals surface area contributed by atoms with Gasteiger partial charge in [0.05, 0.1) is 17.7 Å². The molecule has 0 aromatic heterocycles. The molecule has 4 rings (SSSR count). The van der Waals surface area contributed by atoms with Gasteiger partial charge in [-0.3, -0.25) is 4.79 Å². The number of carbonyl (C=O) groups excluding carboxylic acids is 1. The maximum atomic E-state index is 13.3. The van der Waals surface area contributed by atoms with E-state index in [-0.39, 0.29) is 11.4 Å². The second-order valence-electron chi connectivity index (χ2n) is 8.67. The molecule has 0 atom stereocenters. The van der Waals surface area contributed by atoms with Gasteiger partial charge < -0.3 is 4.74 Å². The topological polar surface area (TPSA) is 88.1 Å². The average molecular weight is 562 g/mol. The first kappa shape index (κ1) is 28.0.